The Balaban J connectivity index is 1.75. The molecule has 1 aromatic rings. The minimum absolute atomic E-state index is 0.120. The summed E-state index contributed by atoms with van der Waals surface area (Å²) >= 11 is 1.26. The molecule has 1 saturated carbocycles. The standard InChI is InChI=1S/C16H23N3O2S/c1-3-11-17-15(20)12(2)22-16-19-18-14(21-16)10-9-13-7-5-4-6-8-13/h1,12-13H,4-11H2,2H3,(H,17,20). The van der Waals surface area contributed by atoms with E-state index in [1.807, 2.05) is 0 Å². The van der Waals surface area contributed by atoms with E-state index in [1.165, 1.54) is 43.9 Å². The third kappa shape index (κ3) is 5.38. The van der Waals surface area contributed by atoms with Gasteiger partial charge >= 0.3 is 0 Å². The van der Waals surface area contributed by atoms with Gasteiger partial charge in [-0.3, -0.25) is 4.79 Å². The van der Waals surface area contributed by atoms with Crippen molar-refractivity contribution in [2.24, 2.45) is 5.92 Å². The lowest BCUT2D eigenvalue weighted by atomic mass is 9.86. The Kier molecular flexibility index (Phi) is 6.78. The van der Waals surface area contributed by atoms with Crippen LogP contribution < -0.4 is 5.32 Å². The molecule has 1 unspecified atom stereocenters. The van der Waals surface area contributed by atoms with Crippen molar-refractivity contribution in [1.82, 2.24) is 15.5 Å². The van der Waals surface area contributed by atoms with Crippen LogP contribution in [-0.2, 0) is 11.2 Å². The Hall–Kier alpha value is -1.48. The molecule has 2 rings (SSSR count). The number of carbonyl (C=O) groups excluding carboxylic acids is 1. The summed E-state index contributed by atoms with van der Waals surface area (Å²) in [6.07, 6.45) is 13.8. The van der Waals surface area contributed by atoms with E-state index in [1.54, 1.807) is 6.92 Å². The quantitative estimate of drug-likeness (QED) is 0.618. The summed E-state index contributed by atoms with van der Waals surface area (Å²) < 4.78 is 5.62. The zero-order chi connectivity index (χ0) is 15.8. The van der Waals surface area contributed by atoms with Crippen LogP contribution in [0.15, 0.2) is 9.64 Å². The van der Waals surface area contributed by atoms with Gasteiger partial charge in [0.05, 0.1) is 11.8 Å². The molecular formula is C16H23N3O2S. The Bertz CT molecular complexity index is 518. The summed E-state index contributed by atoms with van der Waals surface area (Å²) in [5.41, 5.74) is 0. The first-order chi connectivity index (χ1) is 10.7. The highest BCUT2D eigenvalue weighted by atomic mass is 32.2. The lowest BCUT2D eigenvalue weighted by Gasteiger charge is -2.20. The Morgan fingerprint density at radius 2 is 2.23 bits per heavy atom. The van der Waals surface area contributed by atoms with Crippen LogP contribution in [0.3, 0.4) is 0 Å². The SMILES string of the molecule is C#CCNC(=O)C(C)Sc1nnc(CCC2CCCCC2)o1. The number of nitrogens with zero attached hydrogens (tertiary/aromatic N) is 2. The van der Waals surface area contributed by atoms with Crippen molar-refractivity contribution < 1.29 is 9.21 Å². The van der Waals surface area contributed by atoms with Crippen molar-refractivity contribution in [2.75, 3.05) is 6.54 Å². The minimum atomic E-state index is -0.306. The number of nitrogens with one attached hydrogen (secondary N) is 1. The van der Waals surface area contributed by atoms with Crippen LogP contribution in [0.4, 0.5) is 0 Å². The van der Waals surface area contributed by atoms with E-state index < -0.39 is 0 Å². The third-order valence-corrected chi connectivity index (χ3v) is 4.89. The molecule has 22 heavy (non-hydrogen) atoms. The number of terminal acetylenes is 1. The first kappa shape index (κ1) is 16.9. The predicted molar refractivity (Wildman–Crippen MR) is 86.4 cm³/mol. The molecule has 0 bridgehead atoms. The molecule has 120 valence electrons. The van der Waals surface area contributed by atoms with Crippen LogP contribution in [0.5, 0.6) is 0 Å². The van der Waals surface area contributed by atoms with Crippen LogP contribution in [0, 0.1) is 18.3 Å². The van der Waals surface area contributed by atoms with Gasteiger partial charge in [0.15, 0.2) is 0 Å². The van der Waals surface area contributed by atoms with Gasteiger partial charge in [0.1, 0.15) is 0 Å². The van der Waals surface area contributed by atoms with Crippen molar-refractivity contribution in [1.29, 1.82) is 0 Å². The van der Waals surface area contributed by atoms with Crippen molar-refractivity contribution in [3.63, 3.8) is 0 Å². The molecule has 0 spiro atoms. The second-order valence-electron chi connectivity index (χ2n) is 5.69. The highest BCUT2D eigenvalue weighted by Crippen LogP contribution is 2.28. The molecule has 5 nitrogen and oxygen atoms in total. The molecule has 1 aliphatic rings. The molecule has 0 aliphatic heterocycles. The number of aryl methyl sites for hydroxylation is 1. The maximum absolute atomic E-state index is 11.7. The lowest BCUT2D eigenvalue weighted by Crippen LogP contribution is -2.31. The number of amides is 1. The summed E-state index contributed by atoms with van der Waals surface area (Å²) in [7, 11) is 0. The van der Waals surface area contributed by atoms with Crippen molar-refractivity contribution in [3.8, 4) is 12.3 Å². The zero-order valence-electron chi connectivity index (χ0n) is 13.0. The molecule has 1 amide bonds. The van der Waals surface area contributed by atoms with Gasteiger partial charge in [-0.15, -0.1) is 16.6 Å². The second-order valence-corrected chi connectivity index (χ2v) is 6.98. The fraction of sp³-hybridized carbons (Fsp3) is 0.688. The molecule has 0 aromatic carbocycles. The van der Waals surface area contributed by atoms with Gasteiger partial charge in [0.25, 0.3) is 5.22 Å². The van der Waals surface area contributed by atoms with Crippen LogP contribution in [0.25, 0.3) is 0 Å². The zero-order valence-corrected chi connectivity index (χ0v) is 13.8. The first-order valence-corrected chi connectivity index (χ1v) is 8.77. The Morgan fingerprint density at radius 3 is 2.95 bits per heavy atom. The number of hydrogen-bond donors (Lipinski definition) is 1. The second kappa shape index (κ2) is 8.84. The fourth-order valence-corrected chi connectivity index (χ4v) is 3.40. The summed E-state index contributed by atoms with van der Waals surface area (Å²) in [6, 6.07) is 0. The van der Waals surface area contributed by atoms with Gasteiger partial charge in [-0.1, -0.05) is 49.8 Å². The smallest absolute Gasteiger partial charge is 0.277 e. The molecule has 6 heteroatoms. The summed E-state index contributed by atoms with van der Waals surface area (Å²) in [6.45, 7) is 2.03. The highest BCUT2D eigenvalue weighted by molar-refractivity contribution is 8.00. The number of thioether (sulfide) groups is 1. The minimum Gasteiger partial charge on any atom is -0.416 e. The lowest BCUT2D eigenvalue weighted by molar-refractivity contribution is -0.120. The van der Waals surface area contributed by atoms with Crippen LogP contribution in [-0.4, -0.2) is 27.9 Å². The van der Waals surface area contributed by atoms with Gasteiger partial charge in [0.2, 0.25) is 11.8 Å². The molecule has 1 N–H and O–H groups in total. The normalized spacial score (nSPS) is 16.9. The van der Waals surface area contributed by atoms with Crippen LogP contribution >= 0.6 is 11.8 Å². The van der Waals surface area contributed by atoms with E-state index in [0.717, 1.165) is 18.8 Å². The Morgan fingerprint density at radius 1 is 1.45 bits per heavy atom. The molecule has 1 fully saturated rings. The molecule has 1 heterocycles. The summed E-state index contributed by atoms with van der Waals surface area (Å²) in [5, 5.41) is 10.9. The maximum Gasteiger partial charge on any atom is 0.277 e. The molecule has 1 aliphatic carbocycles. The van der Waals surface area contributed by atoms with E-state index >= 15 is 0 Å². The van der Waals surface area contributed by atoms with Crippen LogP contribution in [0.2, 0.25) is 0 Å². The predicted octanol–water partition coefficient (Wildman–Crippen LogP) is 2.81. The van der Waals surface area contributed by atoms with Crippen LogP contribution in [0.1, 0.15) is 51.3 Å². The van der Waals surface area contributed by atoms with Gasteiger partial charge in [0, 0.05) is 6.42 Å². The average molecular weight is 321 g/mol. The van der Waals surface area contributed by atoms with E-state index in [9.17, 15) is 4.79 Å². The molecule has 0 radical (unpaired) electrons. The monoisotopic (exact) mass is 321 g/mol. The fourth-order valence-electron chi connectivity index (χ4n) is 2.68. The van der Waals surface area contributed by atoms with Gasteiger partial charge in [-0.2, -0.15) is 0 Å². The van der Waals surface area contributed by atoms with Gasteiger partial charge in [-0.25, -0.2) is 0 Å². The first-order valence-electron chi connectivity index (χ1n) is 7.89. The number of aromatic nitrogens is 2. The molecular weight excluding hydrogens is 298 g/mol. The maximum atomic E-state index is 11.7. The number of hydrogen-bond acceptors (Lipinski definition) is 5. The number of rotatable bonds is 7. The van der Waals surface area contributed by atoms with E-state index in [-0.39, 0.29) is 17.7 Å². The average Bonchev–Trinajstić information content (AvgIpc) is 2.99. The number of carbonyl (C=O) groups is 1. The van der Waals surface area contributed by atoms with Gasteiger partial charge < -0.3 is 9.73 Å². The molecule has 1 atom stereocenters. The van der Waals surface area contributed by atoms with E-state index in [2.05, 4.69) is 21.4 Å². The van der Waals surface area contributed by atoms with Crippen molar-refractivity contribution in [3.05, 3.63) is 5.89 Å². The van der Waals surface area contributed by atoms with Crippen molar-refractivity contribution in [2.45, 2.75) is 62.3 Å². The van der Waals surface area contributed by atoms with Gasteiger partial charge in [-0.05, 0) is 19.3 Å². The van der Waals surface area contributed by atoms with E-state index in [0.29, 0.717) is 11.1 Å². The third-order valence-electron chi connectivity index (χ3n) is 3.95. The van der Waals surface area contributed by atoms with Crippen molar-refractivity contribution >= 4 is 17.7 Å². The Labute approximate surface area is 136 Å². The molecule has 1 aromatic heterocycles. The van der Waals surface area contributed by atoms with E-state index in [4.69, 9.17) is 10.8 Å². The summed E-state index contributed by atoms with van der Waals surface area (Å²) in [4.78, 5) is 11.7. The summed E-state index contributed by atoms with van der Waals surface area (Å²) in [5.74, 6) is 3.72. The largest absolute Gasteiger partial charge is 0.416 e. The molecule has 0 saturated heterocycles. The topological polar surface area (TPSA) is 68.0 Å². The highest BCUT2D eigenvalue weighted by Gasteiger charge is 2.19.